The van der Waals surface area contributed by atoms with E-state index in [-0.39, 0.29) is 17.5 Å². The van der Waals surface area contributed by atoms with Crippen LogP contribution in [0.15, 0.2) is 29.3 Å². The fourth-order valence-electron chi connectivity index (χ4n) is 2.76. The molecule has 0 bridgehead atoms. The lowest BCUT2D eigenvalue weighted by Crippen LogP contribution is -2.37. The molecule has 0 saturated carbocycles. The van der Waals surface area contributed by atoms with Gasteiger partial charge in [-0.15, -0.1) is 0 Å². The molecule has 128 valence electrons. The molecule has 0 spiro atoms. The van der Waals surface area contributed by atoms with E-state index in [1.54, 1.807) is 12.1 Å². The van der Waals surface area contributed by atoms with Crippen molar-refractivity contribution in [2.24, 2.45) is 10.9 Å². The first-order chi connectivity index (χ1) is 11.6. The van der Waals surface area contributed by atoms with Crippen LogP contribution in [0.2, 0.25) is 0 Å². The molecule has 1 aliphatic rings. The zero-order valence-electron chi connectivity index (χ0n) is 13.7. The minimum absolute atomic E-state index is 0.0113. The molecule has 24 heavy (non-hydrogen) atoms. The molecule has 5 nitrogen and oxygen atoms in total. The maximum absolute atomic E-state index is 12.9. The van der Waals surface area contributed by atoms with E-state index in [1.165, 1.54) is 23.9 Å². The highest BCUT2D eigenvalue weighted by atomic mass is 32.2. The first-order valence-electron chi connectivity index (χ1n) is 7.89. The topological polar surface area (TPSA) is 68.5 Å². The number of Topliss-reactive ketones (excluding diaryl/α,β-unsaturated/α-hetero) is 1. The highest BCUT2D eigenvalue weighted by Crippen LogP contribution is 2.21. The van der Waals surface area contributed by atoms with Crippen LogP contribution in [0.3, 0.4) is 0 Å². The summed E-state index contributed by atoms with van der Waals surface area (Å²) < 4.78 is 12.9. The van der Waals surface area contributed by atoms with E-state index in [0.717, 1.165) is 32.5 Å². The molecule has 1 saturated heterocycles. The van der Waals surface area contributed by atoms with Crippen LogP contribution < -0.4 is 5.32 Å². The van der Waals surface area contributed by atoms with Crippen LogP contribution in [0.25, 0.3) is 0 Å². The second-order valence-corrected chi connectivity index (χ2v) is 6.41. The van der Waals surface area contributed by atoms with E-state index in [1.807, 2.05) is 12.4 Å². The number of thioether (sulfide) groups is 1. The van der Waals surface area contributed by atoms with Gasteiger partial charge in [0.15, 0.2) is 17.1 Å². The highest BCUT2D eigenvalue weighted by molar-refractivity contribution is 8.13. The Morgan fingerprint density at radius 2 is 2.08 bits per heavy atom. The standard InChI is InChI=1S/C17H21FN4OS/c1-24-17(21-12-19)20-8-11-22-9-6-14(7-10-22)16(23)13-2-4-15(18)5-3-13/h2-5,14H,6-11H2,1H3,(H,20,21). The number of hydrogen-bond donors (Lipinski definition) is 1. The summed E-state index contributed by atoms with van der Waals surface area (Å²) >= 11 is 1.41. The molecule has 1 aromatic rings. The number of carbonyl (C=O) groups is 1. The Morgan fingerprint density at radius 1 is 1.42 bits per heavy atom. The second-order valence-electron chi connectivity index (χ2n) is 5.61. The molecule has 0 aromatic heterocycles. The van der Waals surface area contributed by atoms with Gasteiger partial charge < -0.3 is 4.90 Å². The van der Waals surface area contributed by atoms with Crippen molar-refractivity contribution < 1.29 is 9.18 Å². The summed E-state index contributed by atoms with van der Waals surface area (Å²) in [7, 11) is 0. The van der Waals surface area contributed by atoms with Gasteiger partial charge in [0.2, 0.25) is 0 Å². The van der Waals surface area contributed by atoms with Crippen LogP contribution in [-0.2, 0) is 0 Å². The van der Waals surface area contributed by atoms with Crippen molar-refractivity contribution in [3.63, 3.8) is 0 Å². The van der Waals surface area contributed by atoms with Gasteiger partial charge in [-0.05, 0) is 56.5 Å². The van der Waals surface area contributed by atoms with Crippen molar-refractivity contribution in [2.75, 3.05) is 32.4 Å². The van der Waals surface area contributed by atoms with Crippen LogP contribution >= 0.6 is 11.8 Å². The van der Waals surface area contributed by atoms with Crippen molar-refractivity contribution in [3.8, 4) is 6.19 Å². The number of nitrogens with zero attached hydrogens (tertiary/aromatic N) is 3. The third kappa shape index (κ3) is 5.32. The molecule has 1 fully saturated rings. The van der Waals surface area contributed by atoms with Crippen molar-refractivity contribution in [2.45, 2.75) is 12.8 Å². The van der Waals surface area contributed by atoms with E-state index in [4.69, 9.17) is 5.26 Å². The highest BCUT2D eigenvalue weighted by Gasteiger charge is 2.25. The maximum atomic E-state index is 12.9. The Labute approximate surface area is 145 Å². The molecule has 2 rings (SSSR count). The Morgan fingerprint density at radius 3 is 2.67 bits per heavy atom. The molecule has 0 radical (unpaired) electrons. The molecule has 7 heteroatoms. The lowest BCUT2D eigenvalue weighted by molar-refractivity contribution is 0.0842. The number of nitrogens with one attached hydrogen (secondary N) is 1. The van der Waals surface area contributed by atoms with Crippen LogP contribution in [0.5, 0.6) is 0 Å². The van der Waals surface area contributed by atoms with Crippen molar-refractivity contribution in [1.82, 2.24) is 10.2 Å². The van der Waals surface area contributed by atoms with Crippen LogP contribution in [-0.4, -0.2) is 48.3 Å². The first-order valence-corrected chi connectivity index (χ1v) is 9.12. The van der Waals surface area contributed by atoms with Crippen LogP contribution in [0, 0.1) is 23.2 Å². The first kappa shape index (κ1) is 18.4. The molecular weight excluding hydrogens is 327 g/mol. The molecule has 0 amide bonds. The van der Waals surface area contributed by atoms with Crippen molar-refractivity contribution >= 4 is 22.7 Å². The summed E-state index contributed by atoms with van der Waals surface area (Å²) in [6.07, 6.45) is 5.36. The number of hydrogen-bond acceptors (Lipinski definition) is 5. The monoisotopic (exact) mass is 348 g/mol. The van der Waals surface area contributed by atoms with Gasteiger partial charge in [-0.3, -0.25) is 15.1 Å². The number of nitriles is 1. The smallest absolute Gasteiger partial charge is 0.183 e. The van der Waals surface area contributed by atoms with Crippen LogP contribution in [0.4, 0.5) is 4.39 Å². The fourth-order valence-corrected chi connectivity index (χ4v) is 3.13. The summed E-state index contributed by atoms with van der Waals surface area (Å²) in [6, 6.07) is 5.79. The number of amidine groups is 1. The lowest BCUT2D eigenvalue weighted by Gasteiger charge is -2.30. The number of rotatable bonds is 5. The van der Waals surface area contributed by atoms with E-state index in [9.17, 15) is 9.18 Å². The maximum Gasteiger partial charge on any atom is 0.183 e. The van der Waals surface area contributed by atoms with Crippen molar-refractivity contribution in [3.05, 3.63) is 35.6 Å². The SMILES string of the molecule is CSC(=NCCN1CCC(C(=O)c2ccc(F)cc2)CC1)NC#N. The van der Waals surface area contributed by atoms with Gasteiger partial charge in [0.1, 0.15) is 5.82 Å². The molecule has 0 unspecified atom stereocenters. The van der Waals surface area contributed by atoms with Gasteiger partial charge in [-0.25, -0.2) is 4.39 Å². The van der Waals surface area contributed by atoms with Gasteiger partial charge in [0, 0.05) is 18.0 Å². The van der Waals surface area contributed by atoms with E-state index >= 15 is 0 Å². The molecule has 1 N–H and O–H groups in total. The number of benzene rings is 1. The number of aliphatic imine (C=N–C) groups is 1. The number of carbonyl (C=O) groups excluding carboxylic acids is 1. The quantitative estimate of drug-likeness (QED) is 0.291. The van der Waals surface area contributed by atoms with Crippen molar-refractivity contribution in [1.29, 1.82) is 5.26 Å². The number of likely N-dealkylation sites (tertiary alicyclic amines) is 1. The molecule has 0 aliphatic carbocycles. The normalized spacial score (nSPS) is 16.6. The molecular formula is C17H21FN4OS. The average molecular weight is 348 g/mol. The predicted octanol–water partition coefficient (Wildman–Crippen LogP) is 2.51. The Hall–Kier alpha value is -1.91. The van der Waals surface area contributed by atoms with Crippen LogP contribution in [0.1, 0.15) is 23.2 Å². The third-order valence-electron chi connectivity index (χ3n) is 4.11. The third-order valence-corrected chi connectivity index (χ3v) is 4.73. The average Bonchev–Trinajstić information content (AvgIpc) is 2.61. The summed E-state index contributed by atoms with van der Waals surface area (Å²) in [5.74, 6) is -0.204. The number of halogens is 1. The summed E-state index contributed by atoms with van der Waals surface area (Å²) in [4.78, 5) is 19.0. The fraction of sp³-hybridized carbons (Fsp3) is 0.471. The van der Waals surface area contributed by atoms with E-state index in [0.29, 0.717) is 17.3 Å². The largest absolute Gasteiger partial charge is 0.301 e. The minimum atomic E-state index is -0.322. The molecule has 0 atom stereocenters. The Kier molecular flexibility index (Phi) is 7.22. The summed E-state index contributed by atoms with van der Waals surface area (Å²) in [5.41, 5.74) is 0.589. The number of piperidine rings is 1. The molecule has 1 aliphatic heterocycles. The van der Waals surface area contributed by atoms with E-state index < -0.39 is 0 Å². The molecule has 1 heterocycles. The van der Waals surface area contributed by atoms with Gasteiger partial charge in [0.05, 0.1) is 6.54 Å². The van der Waals surface area contributed by atoms with Gasteiger partial charge in [-0.2, -0.15) is 5.26 Å². The Bertz CT molecular complexity index is 618. The van der Waals surface area contributed by atoms with E-state index in [2.05, 4.69) is 15.2 Å². The van der Waals surface area contributed by atoms with Gasteiger partial charge >= 0.3 is 0 Å². The Balaban J connectivity index is 1.78. The zero-order valence-corrected chi connectivity index (χ0v) is 14.5. The minimum Gasteiger partial charge on any atom is -0.301 e. The van der Waals surface area contributed by atoms with Gasteiger partial charge in [0.25, 0.3) is 0 Å². The van der Waals surface area contributed by atoms with Gasteiger partial charge in [-0.1, -0.05) is 11.8 Å². The zero-order chi connectivity index (χ0) is 17.4. The summed E-state index contributed by atoms with van der Waals surface area (Å²) in [5, 5.41) is 11.8. The number of ketones is 1. The summed E-state index contributed by atoms with van der Waals surface area (Å²) in [6.45, 7) is 3.15. The lowest BCUT2D eigenvalue weighted by atomic mass is 9.89. The second kappa shape index (κ2) is 9.40. The molecule has 1 aromatic carbocycles. The predicted molar refractivity (Wildman–Crippen MR) is 94.5 cm³/mol.